The number of amides is 3. The summed E-state index contributed by atoms with van der Waals surface area (Å²) in [4.78, 5) is 35.0. The zero-order valence-corrected chi connectivity index (χ0v) is 10.4. The lowest BCUT2D eigenvalue weighted by molar-refractivity contribution is -0.141. The highest BCUT2D eigenvalue weighted by atomic mass is 16.4. The molecule has 0 aromatic rings. The first-order chi connectivity index (χ1) is 8.54. The molecule has 1 saturated heterocycles. The molecule has 0 aliphatic carbocycles. The summed E-state index contributed by atoms with van der Waals surface area (Å²) in [5.41, 5.74) is 0. The van der Waals surface area contributed by atoms with E-state index in [0.717, 1.165) is 6.42 Å². The summed E-state index contributed by atoms with van der Waals surface area (Å²) in [5.74, 6) is -1.62. The minimum absolute atomic E-state index is 0.0763. The topological polar surface area (TPSA) is 98.7 Å². The molecule has 1 atom stereocenters. The van der Waals surface area contributed by atoms with Crippen LogP contribution >= 0.6 is 0 Å². The van der Waals surface area contributed by atoms with Gasteiger partial charge in [-0.1, -0.05) is 6.92 Å². The first kappa shape index (κ1) is 14.3. The van der Waals surface area contributed by atoms with E-state index in [1.54, 1.807) is 0 Å². The van der Waals surface area contributed by atoms with Crippen molar-refractivity contribution in [2.24, 2.45) is 5.92 Å². The molecule has 3 N–H and O–H groups in total. The van der Waals surface area contributed by atoms with Crippen LogP contribution in [0, 0.1) is 5.92 Å². The van der Waals surface area contributed by atoms with Crippen molar-refractivity contribution >= 4 is 17.9 Å². The molecule has 18 heavy (non-hydrogen) atoms. The molecule has 1 heterocycles. The van der Waals surface area contributed by atoms with Crippen LogP contribution < -0.4 is 10.6 Å². The van der Waals surface area contributed by atoms with Gasteiger partial charge in [0.25, 0.3) is 0 Å². The minimum Gasteiger partial charge on any atom is -0.481 e. The fourth-order valence-corrected chi connectivity index (χ4v) is 1.74. The van der Waals surface area contributed by atoms with Gasteiger partial charge in [0, 0.05) is 19.6 Å². The largest absolute Gasteiger partial charge is 0.481 e. The standard InChI is InChI=1S/C11H19N3O4/c1-2-4-12-9(15)6-13-11(18)14-5-3-8(7-14)10(16)17/h8H,2-7H2,1H3,(H,12,15)(H,13,18)(H,16,17). The molecule has 7 nitrogen and oxygen atoms in total. The quantitative estimate of drug-likeness (QED) is 0.625. The molecule has 1 aliphatic heterocycles. The molecule has 0 aromatic carbocycles. The SMILES string of the molecule is CCCNC(=O)CNC(=O)N1CCC(C(=O)O)C1. The van der Waals surface area contributed by atoms with E-state index in [1.165, 1.54) is 4.90 Å². The maximum absolute atomic E-state index is 11.6. The zero-order valence-electron chi connectivity index (χ0n) is 10.4. The first-order valence-corrected chi connectivity index (χ1v) is 6.06. The molecule has 1 rings (SSSR count). The fraction of sp³-hybridized carbons (Fsp3) is 0.727. The number of hydrogen-bond donors (Lipinski definition) is 3. The third-order valence-electron chi connectivity index (χ3n) is 2.80. The Bertz CT molecular complexity index is 332. The van der Waals surface area contributed by atoms with Gasteiger partial charge in [-0.25, -0.2) is 4.79 Å². The van der Waals surface area contributed by atoms with Crippen molar-refractivity contribution in [3.05, 3.63) is 0 Å². The van der Waals surface area contributed by atoms with Crippen molar-refractivity contribution in [3.8, 4) is 0 Å². The first-order valence-electron chi connectivity index (χ1n) is 6.06. The molecule has 102 valence electrons. The van der Waals surface area contributed by atoms with Gasteiger partial charge in [-0.3, -0.25) is 9.59 Å². The van der Waals surface area contributed by atoms with E-state index < -0.39 is 11.9 Å². The maximum Gasteiger partial charge on any atom is 0.317 e. The van der Waals surface area contributed by atoms with Crippen molar-refractivity contribution in [2.75, 3.05) is 26.2 Å². The number of carboxylic acid groups (broad SMARTS) is 1. The summed E-state index contributed by atoms with van der Waals surface area (Å²) in [7, 11) is 0. The third kappa shape index (κ3) is 4.23. The van der Waals surface area contributed by atoms with Crippen molar-refractivity contribution in [3.63, 3.8) is 0 Å². The summed E-state index contributed by atoms with van der Waals surface area (Å²) < 4.78 is 0. The molecular formula is C11H19N3O4. The molecule has 0 radical (unpaired) electrons. The summed E-state index contributed by atoms with van der Waals surface area (Å²) in [5, 5.41) is 13.9. The molecule has 1 unspecified atom stereocenters. The number of likely N-dealkylation sites (tertiary alicyclic amines) is 1. The van der Waals surface area contributed by atoms with Crippen LogP contribution in [0.4, 0.5) is 4.79 Å². The lowest BCUT2D eigenvalue weighted by Crippen LogP contribution is -2.43. The molecular weight excluding hydrogens is 238 g/mol. The Kier molecular flexibility index (Phi) is 5.41. The predicted octanol–water partition coefficient (Wildman–Crippen LogP) is -0.371. The Morgan fingerprint density at radius 2 is 2.06 bits per heavy atom. The summed E-state index contributed by atoms with van der Waals surface area (Å²) in [6, 6.07) is -0.384. The van der Waals surface area contributed by atoms with Crippen LogP contribution in [0.3, 0.4) is 0 Å². The highest BCUT2D eigenvalue weighted by Crippen LogP contribution is 2.15. The Morgan fingerprint density at radius 1 is 1.33 bits per heavy atom. The highest BCUT2D eigenvalue weighted by molar-refractivity contribution is 5.84. The summed E-state index contributed by atoms with van der Waals surface area (Å²) in [6.07, 6.45) is 1.30. The van der Waals surface area contributed by atoms with Crippen molar-refractivity contribution in [1.29, 1.82) is 0 Å². The normalized spacial score (nSPS) is 18.5. The van der Waals surface area contributed by atoms with Gasteiger partial charge in [0.05, 0.1) is 12.5 Å². The van der Waals surface area contributed by atoms with Gasteiger partial charge in [0.15, 0.2) is 0 Å². The van der Waals surface area contributed by atoms with E-state index in [9.17, 15) is 14.4 Å². The molecule has 1 fully saturated rings. The van der Waals surface area contributed by atoms with Crippen molar-refractivity contribution in [1.82, 2.24) is 15.5 Å². The van der Waals surface area contributed by atoms with Crippen LogP contribution in [0.25, 0.3) is 0 Å². The Balaban J connectivity index is 2.25. The predicted molar refractivity (Wildman–Crippen MR) is 64.0 cm³/mol. The number of rotatable bonds is 5. The summed E-state index contributed by atoms with van der Waals surface area (Å²) in [6.45, 7) is 3.07. The lowest BCUT2D eigenvalue weighted by Gasteiger charge is -2.16. The van der Waals surface area contributed by atoms with Gasteiger partial charge in [0.2, 0.25) is 5.91 Å². The second-order valence-electron chi connectivity index (χ2n) is 4.28. The minimum atomic E-state index is -0.883. The van der Waals surface area contributed by atoms with E-state index in [1.807, 2.05) is 6.92 Å². The molecule has 0 aromatic heterocycles. The Morgan fingerprint density at radius 3 is 2.61 bits per heavy atom. The Hall–Kier alpha value is -1.79. The van der Waals surface area contributed by atoms with Crippen LogP contribution in [0.5, 0.6) is 0 Å². The Labute approximate surface area is 106 Å². The number of urea groups is 1. The molecule has 3 amide bonds. The zero-order chi connectivity index (χ0) is 13.5. The number of carbonyl (C=O) groups is 3. The number of nitrogens with one attached hydrogen (secondary N) is 2. The van der Waals surface area contributed by atoms with E-state index in [4.69, 9.17) is 5.11 Å². The second kappa shape index (κ2) is 6.83. The average molecular weight is 257 g/mol. The third-order valence-corrected chi connectivity index (χ3v) is 2.80. The molecule has 7 heteroatoms. The number of carbonyl (C=O) groups excluding carboxylic acids is 2. The smallest absolute Gasteiger partial charge is 0.317 e. The van der Waals surface area contributed by atoms with Crippen LogP contribution in [0.15, 0.2) is 0 Å². The van der Waals surface area contributed by atoms with E-state index in [2.05, 4.69) is 10.6 Å². The summed E-state index contributed by atoms with van der Waals surface area (Å²) >= 11 is 0. The van der Waals surface area contributed by atoms with E-state index in [0.29, 0.717) is 19.5 Å². The molecule has 0 spiro atoms. The van der Waals surface area contributed by atoms with E-state index in [-0.39, 0.29) is 25.0 Å². The van der Waals surface area contributed by atoms with Gasteiger partial charge in [-0.05, 0) is 12.8 Å². The van der Waals surface area contributed by atoms with Gasteiger partial charge in [-0.15, -0.1) is 0 Å². The van der Waals surface area contributed by atoms with Crippen LogP contribution in [0.2, 0.25) is 0 Å². The molecule has 0 saturated carbocycles. The van der Waals surface area contributed by atoms with Gasteiger partial charge >= 0.3 is 12.0 Å². The number of hydrogen-bond acceptors (Lipinski definition) is 3. The fourth-order valence-electron chi connectivity index (χ4n) is 1.74. The van der Waals surface area contributed by atoms with Crippen LogP contribution in [-0.2, 0) is 9.59 Å². The highest BCUT2D eigenvalue weighted by Gasteiger charge is 2.30. The lowest BCUT2D eigenvalue weighted by atomic mass is 10.1. The molecule has 1 aliphatic rings. The maximum atomic E-state index is 11.6. The number of carboxylic acids is 1. The van der Waals surface area contributed by atoms with Crippen molar-refractivity contribution in [2.45, 2.75) is 19.8 Å². The average Bonchev–Trinajstić information content (AvgIpc) is 2.83. The van der Waals surface area contributed by atoms with Crippen LogP contribution in [0.1, 0.15) is 19.8 Å². The van der Waals surface area contributed by atoms with Crippen molar-refractivity contribution < 1.29 is 19.5 Å². The van der Waals surface area contributed by atoms with E-state index >= 15 is 0 Å². The monoisotopic (exact) mass is 257 g/mol. The van der Waals surface area contributed by atoms with Gasteiger partial charge in [0.1, 0.15) is 0 Å². The van der Waals surface area contributed by atoms with Gasteiger partial charge in [-0.2, -0.15) is 0 Å². The number of aliphatic carboxylic acids is 1. The number of nitrogens with zero attached hydrogens (tertiary/aromatic N) is 1. The second-order valence-corrected chi connectivity index (χ2v) is 4.28. The van der Waals surface area contributed by atoms with Gasteiger partial charge < -0.3 is 20.6 Å². The van der Waals surface area contributed by atoms with Crippen LogP contribution in [-0.4, -0.2) is 54.1 Å². The molecule has 0 bridgehead atoms.